The van der Waals surface area contributed by atoms with E-state index in [1.807, 2.05) is 12.1 Å². The molecule has 0 saturated carbocycles. The normalized spacial score (nSPS) is 17.2. The van der Waals surface area contributed by atoms with Crippen LogP contribution < -0.4 is 10.7 Å². The predicted octanol–water partition coefficient (Wildman–Crippen LogP) is 1.89. The first-order chi connectivity index (χ1) is 11.5. The highest BCUT2D eigenvalue weighted by molar-refractivity contribution is 7.97. The molecule has 1 heterocycles. The monoisotopic (exact) mass is 342 g/mol. The molecule has 0 radical (unpaired) electrons. The third-order valence-electron chi connectivity index (χ3n) is 3.61. The Hall–Kier alpha value is -2.64. The van der Waals surface area contributed by atoms with Crippen LogP contribution in [0.15, 0.2) is 58.2 Å². The number of carbonyl (C=O) groups is 2. The lowest BCUT2D eigenvalue weighted by Gasteiger charge is -2.30. The summed E-state index contributed by atoms with van der Waals surface area (Å²) in [5.74, 6) is -1.13. The molecule has 7 heteroatoms. The van der Waals surface area contributed by atoms with E-state index in [1.54, 1.807) is 23.5 Å². The lowest BCUT2D eigenvalue weighted by Crippen LogP contribution is -2.46. The minimum Gasteiger partial charge on any atom is -0.506 e. The molecule has 0 spiro atoms. The number of Topliss-reactive ketones (excluding diaryl/α,β-unsaturated/α-hetero) is 1. The average Bonchev–Trinajstić information content (AvgIpc) is 2.70. The Morgan fingerprint density at radius 3 is 2.62 bits per heavy atom. The van der Waals surface area contributed by atoms with Crippen molar-refractivity contribution in [2.75, 3.05) is 12.4 Å². The van der Waals surface area contributed by atoms with Gasteiger partial charge in [-0.1, -0.05) is 18.2 Å². The van der Waals surface area contributed by atoms with Gasteiger partial charge in [0.25, 0.3) is 5.91 Å². The highest BCUT2D eigenvalue weighted by Crippen LogP contribution is 2.34. The number of hydrogen-bond acceptors (Lipinski definition) is 6. The van der Waals surface area contributed by atoms with E-state index in [9.17, 15) is 19.5 Å². The molecule has 3 rings (SSSR count). The van der Waals surface area contributed by atoms with Crippen LogP contribution in [0.3, 0.4) is 0 Å². The van der Waals surface area contributed by atoms with Crippen LogP contribution in [-0.2, 0) is 4.79 Å². The van der Waals surface area contributed by atoms with Gasteiger partial charge in [0.1, 0.15) is 5.75 Å². The van der Waals surface area contributed by atoms with E-state index < -0.39 is 11.9 Å². The summed E-state index contributed by atoms with van der Waals surface area (Å²) in [7, 11) is 1.66. The Bertz CT molecular complexity index is 884. The zero-order chi connectivity index (χ0) is 17.3. The summed E-state index contributed by atoms with van der Waals surface area (Å²) in [6.07, 6.45) is 0. The van der Waals surface area contributed by atoms with E-state index >= 15 is 0 Å². The molecule has 1 aliphatic heterocycles. The number of amides is 1. The van der Waals surface area contributed by atoms with Crippen LogP contribution in [0.25, 0.3) is 0 Å². The molecule has 0 aromatic heterocycles. The molecule has 1 unspecified atom stereocenters. The number of likely N-dealkylation sites (N-methyl/N-ethyl adjacent to an activating group) is 1. The maximum atomic E-state index is 12.6. The molecule has 6 nitrogen and oxygen atoms in total. The Balaban J connectivity index is 1.90. The quantitative estimate of drug-likeness (QED) is 0.640. The fourth-order valence-corrected chi connectivity index (χ4v) is 3.43. The molecular weight excluding hydrogens is 328 g/mol. The fraction of sp³-hybridized carbons (Fsp3) is 0.118. The van der Waals surface area contributed by atoms with Gasteiger partial charge in [-0.05, 0) is 49.3 Å². The number of anilines is 1. The largest absolute Gasteiger partial charge is 0.506 e. The number of rotatable bonds is 2. The first-order valence-corrected chi connectivity index (χ1v) is 7.93. The lowest BCUT2D eigenvalue weighted by molar-refractivity contribution is -0.118. The summed E-state index contributed by atoms with van der Waals surface area (Å²) in [4.78, 5) is 37.3. The summed E-state index contributed by atoms with van der Waals surface area (Å²) in [5.41, 5.74) is 0.263. The first-order valence-electron chi connectivity index (χ1n) is 7.15. The Labute approximate surface area is 142 Å². The van der Waals surface area contributed by atoms with Crippen LogP contribution in [0.1, 0.15) is 10.4 Å². The van der Waals surface area contributed by atoms with E-state index in [2.05, 4.69) is 5.32 Å². The highest BCUT2D eigenvalue weighted by atomic mass is 32.2. The van der Waals surface area contributed by atoms with E-state index in [4.69, 9.17) is 0 Å². The molecule has 0 saturated heterocycles. The first kappa shape index (κ1) is 16.2. The number of nitrogens with one attached hydrogen (secondary N) is 1. The molecule has 2 aromatic carbocycles. The fourth-order valence-electron chi connectivity index (χ4n) is 2.42. The van der Waals surface area contributed by atoms with Crippen molar-refractivity contribution in [1.29, 1.82) is 0 Å². The summed E-state index contributed by atoms with van der Waals surface area (Å²) < 4.78 is 1.57. The second-order valence-corrected chi connectivity index (χ2v) is 6.46. The maximum absolute atomic E-state index is 12.6. The number of nitrogens with zero attached hydrogens (tertiary/aromatic N) is 1. The maximum Gasteiger partial charge on any atom is 0.250 e. The van der Waals surface area contributed by atoms with Crippen LogP contribution in [0.2, 0.25) is 0 Å². The predicted molar refractivity (Wildman–Crippen MR) is 91.2 cm³/mol. The lowest BCUT2D eigenvalue weighted by atomic mass is 10.0. The van der Waals surface area contributed by atoms with Crippen molar-refractivity contribution in [3.8, 4) is 5.75 Å². The molecule has 24 heavy (non-hydrogen) atoms. The van der Waals surface area contributed by atoms with Crippen molar-refractivity contribution in [2.24, 2.45) is 0 Å². The number of fused-ring (bicyclic) bond motifs is 1. The Morgan fingerprint density at radius 2 is 1.83 bits per heavy atom. The van der Waals surface area contributed by atoms with E-state index in [0.717, 1.165) is 4.90 Å². The van der Waals surface area contributed by atoms with Gasteiger partial charge in [0.05, 0.1) is 5.69 Å². The van der Waals surface area contributed by atoms with Gasteiger partial charge in [0, 0.05) is 10.5 Å². The Morgan fingerprint density at radius 1 is 1.12 bits per heavy atom. The molecule has 1 amide bonds. The van der Waals surface area contributed by atoms with E-state index in [0.29, 0.717) is 5.56 Å². The summed E-state index contributed by atoms with van der Waals surface area (Å²) in [6.45, 7) is 0. The van der Waals surface area contributed by atoms with Crippen LogP contribution >= 0.6 is 11.9 Å². The molecule has 1 atom stereocenters. The topological polar surface area (TPSA) is 86.7 Å². The molecule has 2 aromatic rings. The van der Waals surface area contributed by atoms with Gasteiger partial charge >= 0.3 is 0 Å². The van der Waals surface area contributed by atoms with Crippen molar-refractivity contribution in [3.63, 3.8) is 0 Å². The van der Waals surface area contributed by atoms with Crippen LogP contribution in [0.5, 0.6) is 5.75 Å². The third kappa shape index (κ3) is 3.04. The summed E-state index contributed by atoms with van der Waals surface area (Å²) >= 11 is 1.31. The number of ketones is 1. The van der Waals surface area contributed by atoms with Gasteiger partial charge in [-0.15, -0.1) is 0 Å². The number of carbonyl (C=O) groups excluding carboxylic acids is 2. The van der Waals surface area contributed by atoms with Crippen LogP contribution in [0.4, 0.5) is 5.69 Å². The molecular formula is C17H14N2O4S. The molecule has 0 bridgehead atoms. The van der Waals surface area contributed by atoms with Gasteiger partial charge in [-0.25, -0.2) is 4.31 Å². The van der Waals surface area contributed by atoms with Gasteiger partial charge in [-0.3, -0.25) is 14.4 Å². The van der Waals surface area contributed by atoms with Crippen molar-refractivity contribution in [2.45, 2.75) is 10.9 Å². The molecule has 0 aliphatic carbocycles. The van der Waals surface area contributed by atoms with Crippen molar-refractivity contribution in [3.05, 3.63) is 64.3 Å². The molecule has 0 fully saturated rings. The zero-order valence-electron chi connectivity index (χ0n) is 12.7. The number of benzene rings is 1. The minimum atomic E-state index is -1.03. The van der Waals surface area contributed by atoms with E-state index in [1.165, 1.54) is 36.2 Å². The second kappa shape index (κ2) is 6.46. The molecule has 1 aliphatic rings. The zero-order valence-corrected chi connectivity index (χ0v) is 13.5. The van der Waals surface area contributed by atoms with Gasteiger partial charge < -0.3 is 10.4 Å². The standard InChI is InChI=1S/C17H14N2O4S/c1-19-15(16(22)11-4-2-3-5-14(11)24-19)17(23)18-12-8-6-10(20)7-9-13(12)21/h2-9,15,21H,1H3,(H,18,23). The average molecular weight is 342 g/mol. The van der Waals surface area contributed by atoms with Crippen molar-refractivity contribution < 1.29 is 14.7 Å². The minimum absolute atomic E-state index is 0.0761. The summed E-state index contributed by atoms with van der Waals surface area (Å²) in [5, 5.41) is 12.4. The summed E-state index contributed by atoms with van der Waals surface area (Å²) in [6, 6.07) is 11.0. The molecule has 122 valence electrons. The smallest absolute Gasteiger partial charge is 0.250 e. The highest BCUT2D eigenvalue weighted by Gasteiger charge is 2.37. The van der Waals surface area contributed by atoms with Gasteiger partial charge in [0.2, 0.25) is 0 Å². The SMILES string of the molecule is CN1Sc2ccccc2C(=O)C1C(=O)Nc1ccc(=O)ccc1O. The number of hydrogen-bond donors (Lipinski definition) is 2. The van der Waals surface area contributed by atoms with E-state index in [-0.39, 0.29) is 22.6 Å². The van der Waals surface area contributed by atoms with Crippen LogP contribution in [-0.4, -0.2) is 34.2 Å². The molecule has 2 N–H and O–H groups in total. The Kier molecular flexibility index (Phi) is 4.37. The third-order valence-corrected chi connectivity index (χ3v) is 4.66. The number of aromatic hydroxyl groups is 1. The van der Waals surface area contributed by atoms with Crippen molar-refractivity contribution >= 4 is 29.3 Å². The second-order valence-electron chi connectivity index (χ2n) is 5.26. The van der Waals surface area contributed by atoms with Gasteiger partial charge in [0.15, 0.2) is 17.3 Å². The van der Waals surface area contributed by atoms with Crippen LogP contribution in [0, 0.1) is 0 Å². The van der Waals surface area contributed by atoms with Gasteiger partial charge in [-0.2, -0.15) is 0 Å². The van der Waals surface area contributed by atoms with Crippen molar-refractivity contribution in [1.82, 2.24) is 4.31 Å².